The van der Waals surface area contributed by atoms with Crippen LogP contribution in [0.1, 0.15) is 12.5 Å². The number of aromatic nitrogens is 1. The van der Waals surface area contributed by atoms with Gasteiger partial charge < -0.3 is 4.90 Å². The van der Waals surface area contributed by atoms with Gasteiger partial charge in [-0.1, -0.05) is 42.5 Å². The molecule has 23 heavy (non-hydrogen) atoms. The highest BCUT2D eigenvalue weighted by Crippen LogP contribution is 2.18. The third-order valence-corrected chi connectivity index (χ3v) is 4.19. The van der Waals surface area contributed by atoms with Crippen molar-refractivity contribution in [3.8, 4) is 0 Å². The van der Waals surface area contributed by atoms with Crippen LogP contribution in [0.2, 0.25) is 0 Å². The zero-order valence-electron chi connectivity index (χ0n) is 13.4. The van der Waals surface area contributed by atoms with E-state index in [2.05, 4.69) is 58.1 Å². The average Bonchev–Trinajstić information content (AvgIpc) is 2.57. The molecule has 1 fully saturated rings. The second-order valence-corrected chi connectivity index (χ2v) is 5.95. The zero-order chi connectivity index (χ0) is 16.1. The van der Waals surface area contributed by atoms with Gasteiger partial charge in [-0.05, 0) is 24.6 Å². The van der Waals surface area contributed by atoms with E-state index in [0.29, 0.717) is 6.04 Å². The summed E-state index contributed by atoms with van der Waals surface area (Å²) in [5.41, 5.74) is 1.23. The first-order valence-corrected chi connectivity index (χ1v) is 8.04. The van der Waals surface area contributed by atoms with Crippen molar-refractivity contribution in [3.05, 3.63) is 66.1 Å². The molecule has 1 unspecified atom stereocenters. The topological polar surface area (TPSA) is 19.4 Å². The second kappa shape index (κ2) is 7.38. The van der Waals surface area contributed by atoms with Crippen molar-refractivity contribution < 1.29 is 4.39 Å². The number of halogens is 1. The van der Waals surface area contributed by atoms with Gasteiger partial charge in [0.15, 0.2) is 0 Å². The highest BCUT2D eigenvalue weighted by molar-refractivity contribution is 5.48. The summed E-state index contributed by atoms with van der Waals surface area (Å²) in [7, 11) is 0. The summed E-state index contributed by atoms with van der Waals surface area (Å²) >= 11 is 0. The first-order valence-electron chi connectivity index (χ1n) is 8.04. The Morgan fingerprint density at radius 2 is 2.00 bits per heavy atom. The maximum absolute atomic E-state index is 13.0. The smallest absolute Gasteiger partial charge is 0.141 e. The summed E-state index contributed by atoms with van der Waals surface area (Å²) in [6.45, 7) is 6.03. The van der Waals surface area contributed by atoms with E-state index in [1.807, 2.05) is 6.07 Å². The number of pyridine rings is 1. The number of anilines is 1. The van der Waals surface area contributed by atoms with Crippen molar-refractivity contribution in [3.63, 3.8) is 0 Å². The molecular formula is C19H22FN3. The first-order chi connectivity index (χ1) is 11.2. The van der Waals surface area contributed by atoms with E-state index >= 15 is 0 Å². The van der Waals surface area contributed by atoms with Gasteiger partial charge in [-0.3, -0.25) is 4.90 Å². The molecule has 0 aliphatic carbocycles. The third-order valence-electron chi connectivity index (χ3n) is 4.19. The predicted molar refractivity (Wildman–Crippen MR) is 92.9 cm³/mol. The number of benzene rings is 1. The van der Waals surface area contributed by atoms with Gasteiger partial charge in [-0.2, -0.15) is 0 Å². The average molecular weight is 311 g/mol. The minimum atomic E-state index is -0.286. The number of hydrogen-bond donors (Lipinski definition) is 0. The van der Waals surface area contributed by atoms with Crippen LogP contribution >= 0.6 is 0 Å². The second-order valence-electron chi connectivity index (χ2n) is 5.95. The summed E-state index contributed by atoms with van der Waals surface area (Å²) in [6.07, 6.45) is 5.67. The first kappa shape index (κ1) is 15.7. The molecular weight excluding hydrogens is 289 g/mol. The quantitative estimate of drug-likeness (QED) is 0.862. The fourth-order valence-electron chi connectivity index (χ4n) is 2.98. The Morgan fingerprint density at radius 1 is 1.17 bits per heavy atom. The lowest BCUT2D eigenvalue weighted by atomic mass is 10.1. The maximum Gasteiger partial charge on any atom is 0.141 e. The normalized spacial score (nSPS) is 19.4. The van der Waals surface area contributed by atoms with E-state index in [4.69, 9.17) is 0 Å². The standard InChI is InChI=1S/C19H22FN3/c1-16-15-22(11-5-8-17-6-3-2-4-7-17)12-13-23(16)19-10-9-18(20)14-21-19/h2-10,14,16H,11-13,15H2,1H3/b8-5+. The molecule has 0 bridgehead atoms. The molecule has 120 valence electrons. The van der Waals surface area contributed by atoms with Crippen LogP contribution in [0, 0.1) is 5.82 Å². The molecule has 4 heteroatoms. The lowest BCUT2D eigenvalue weighted by Gasteiger charge is -2.40. The summed E-state index contributed by atoms with van der Waals surface area (Å²) in [5.74, 6) is 0.574. The molecule has 1 aliphatic heterocycles. The van der Waals surface area contributed by atoms with Crippen molar-refractivity contribution in [2.45, 2.75) is 13.0 Å². The highest BCUT2D eigenvalue weighted by Gasteiger charge is 2.23. The number of piperazine rings is 1. The van der Waals surface area contributed by atoms with Crippen LogP contribution in [0.15, 0.2) is 54.7 Å². The van der Waals surface area contributed by atoms with Gasteiger partial charge in [-0.25, -0.2) is 9.37 Å². The Balaban J connectivity index is 1.54. The molecule has 0 saturated carbocycles. The van der Waals surface area contributed by atoms with Crippen molar-refractivity contribution in [1.82, 2.24) is 9.88 Å². The summed E-state index contributed by atoms with van der Waals surface area (Å²) < 4.78 is 13.0. The van der Waals surface area contributed by atoms with Crippen molar-refractivity contribution in [2.24, 2.45) is 0 Å². The molecule has 0 radical (unpaired) electrons. The van der Waals surface area contributed by atoms with E-state index in [9.17, 15) is 4.39 Å². The van der Waals surface area contributed by atoms with Crippen LogP contribution in [0.3, 0.4) is 0 Å². The zero-order valence-corrected chi connectivity index (χ0v) is 13.4. The van der Waals surface area contributed by atoms with Gasteiger partial charge in [-0.15, -0.1) is 0 Å². The van der Waals surface area contributed by atoms with E-state index in [0.717, 1.165) is 32.0 Å². The minimum absolute atomic E-state index is 0.286. The number of nitrogens with zero attached hydrogens (tertiary/aromatic N) is 3. The van der Waals surface area contributed by atoms with Crippen molar-refractivity contribution >= 4 is 11.9 Å². The van der Waals surface area contributed by atoms with Gasteiger partial charge in [0, 0.05) is 32.2 Å². The SMILES string of the molecule is CC1CN(C/C=C/c2ccccc2)CCN1c1ccc(F)cn1. The minimum Gasteiger partial charge on any atom is -0.351 e. The van der Waals surface area contributed by atoms with Gasteiger partial charge in [0.1, 0.15) is 11.6 Å². The lowest BCUT2D eigenvalue weighted by molar-refractivity contribution is 0.250. The van der Waals surface area contributed by atoms with Crippen LogP contribution < -0.4 is 4.90 Å². The molecule has 3 rings (SSSR count). The molecule has 2 aromatic rings. The molecule has 3 nitrogen and oxygen atoms in total. The Labute approximate surface area is 137 Å². The summed E-state index contributed by atoms with van der Waals surface area (Å²) in [5, 5.41) is 0. The van der Waals surface area contributed by atoms with Crippen LogP contribution in [-0.4, -0.2) is 42.1 Å². The van der Waals surface area contributed by atoms with Gasteiger partial charge in [0.05, 0.1) is 6.20 Å². The van der Waals surface area contributed by atoms with Gasteiger partial charge in [0.2, 0.25) is 0 Å². The van der Waals surface area contributed by atoms with E-state index < -0.39 is 0 Å². The van der Waals surface area contributed by atoms with Gasteiger partial charge in [0.25, 0.3) is 0 Å². The van der Waals surface area contributed by atoms with E-state index in [1.165, 1.54) is 17.8 Å². The van der Waals surface area contributed by atoms with E-state index in [1.54, 1.807) is 6.07 Å². The maximum atomic E-state index is 13.0. The Kier molecular flexibility index (Phi) is 5.03. The highest BCUT2D eigenvalue weighted by atomic mass is 19.1. The van der Waals surface area contributed by atoms with Gasteiger partial charge >= 0.3 is 0 Å². The number of rotatable bonds is 4. The molecule has 0 spiro atoms. The number of hydrogen-bond acceptors (Lipinski definition) is 3. The molecule has 0 N–H and O–H groups in total. The molecule has 1 aromatic heterocycles. The molecule has 1 atom stereocenters. The predicted octanol–water partition coefficient (Wildman–Crippen LogP) is 3.44. The van der Waals surface area contributed by atoms with Crippen LogP contribution in [0.25, 0.3) is 6.08 Å². The van der Waals surface area contributed by atoms with E-state index in [-0.39, 0.29) is 5.82 Å². The molecule has 1 aromatic carbocycles. The lowest BCUT2D eigenvalue weighted by Crippen LogP contribution is -2.52. The Morgan fingerprint density at radius 3 is 2.70 bits per heavy atom. The van der Waals surface area contributed by atoms with Crippen molar-refractivity contribution in [2.75, 3.05) is 31.1 Å². The fraction of sp³-hybridized carbons (Fsp3) is 0.316. The third kappa shape index (κ3) is 4.17. The monoisotopic (exact) mass is 311 g/mol. The summed E-state index contributed by atoms with van der Waals surface area (Å²) in [4.78, 5) is 8.88. The molecule has 1 aliphatic rings. The Bertz CT molecular complexity index is 639. The fourth-order valence-corrected chi connectivity index (χ4v) is 2.98. The Hall–Kier alpha value is -2.20. The van der Waals surface area contributed by atoms with Crippen LogP contribution in [0.4, 0.5) is 10.2 Å². The molecule has 0 amide bonds. The van der Waals surface area contributed by atoms with Crippen LogP contribution in [-0.2, 0) is 0 Å². The summed E-state index contributed by atoms with van der Waals surface area (Å²) in [6, 6.07) is 14.0. The molecule has 2 heterocycles. The largest absolute Gasteiger partial charge is 0.351 e. The molecule has 1 saturated heterocycles. The van der Waals surface area contributed by atoms with Crippen molar-refractivity contribution in [1.29, 1.82) is 0 Å². The van der Waals surface area contributed by atoms with Crippen LogP contribution in [0.5, 0.6) is 0 Å².